The lowest BCUT2D eigenvalue weighted by molar-refractivity contribution is -0.117. The van der Waals surface area contributed by atoms with Gasteiger partial charge >= 0.3 is 0 Å². The predicted molar refractivity (Wildman–Crippen MR) is 129 cm³/mol. The number of ketones is 1. The lowest BCUT2D eigenvalue weighted by atomic mass is 9.90. The van der Waals surface area contributed by atoms with Gasteiger partial charge in [0.2, 0.25) is 0 Å². The number of carbonyl (C=O) groups excluding carboxylic acids is 2. The van der Waals surface area contributed by atoms with Gasteiger partial charge in [0.25, 0.3) is 5.91 Å². The summed E-state index contributed by atoms with van der Waals surface area (Å²) in [6.45, 7) is 3.76. The topological polar surface area (TPSA) is 92.7 Å². The standard InChI is InChI=1S/C24H29N5O2S/c1-4-21(30)15-9-10-20-19(13-15)27-23(18-11-12-25-28-18)29(20)17-8-6-7-16(14-17)26-24(31)22(5-2)32-3/h5,9-13,16-17H,4,6-8,14H2,1-3H3,(H,25,28)(H,26,31)/b22-5-. The zero-order chi connectivity index (χ0) is 22.7. The number of aromatic nitrogens is 4. The van der Waals surface area contributed by atoms with Crippen molar-refractivity contribution < 1.29 is 9.59 Å². The van der Waals surface area contributed by atoms with E-state index in [9.17, 15) is 9.59 Å². The summed E-state index contributed by atoms with van der Waals surface area (Å²) in [4.78, 5) is 30.5. The first-order valence-corrected chi connectivity index (χ1v) is 12.3. The summed E-state index contributed by atoms with van der Waals surface area (Å²) >= 11 is 1.47. The molecular weight excluding hydrogens is 422 g/mol. The van der Waals surface area contributed by atoms with Gasteiger partial charge in [0.1, 0.15) is 5.69 Å². The third-order valence-corrected chi connectivity index (χ3v) is 6.99. The summed E-state index contributed by atoms with van der Waals surface area (Å²) in [5.74, 6) is 0.921. The molecule has 2 atom stereocenters. The molecule has 2 aromatic heterocycles. The molecule has 1 saturated carbocycles. The zero-order valence-corrected chi connectivity index (χ0v) is 19.5. The first-order valence-electron chi connectivity index (χ1n) is 11.1. The number of carbonyl (C=O) groups is 2. The van der Waals surface area contributed by atoms with Crippen molar-refractivity contribution in [3.05, 3.63) is 47.0 Å². The molecule has 0 radical (unpaired) electrons. The molecule has 0 aliphatic heterocycles. The van der Waals surface area contributed by atoms with E-state index in [0.717, 1.165) is 53.1 Å². The van der Waals surface area contributed by atoms with E-state index in [1.165, 1.54) is 11.8 Å². The summed E-state index contributed by atoms with van der Waals surface area (Å²) in [5, 5.41) is 10.4. The number of amides is 1. The molecule has 3 aromatic rings. The zero-order valence-electron chi connectivity index (χ0n) is 18.7. The quantitative estimate of drug-likeness (QED) is 0.394. The Morgan fingerprint density at radius 2 is 2.16 bits per heavy atom. The van der Waals surface area contributed by atoms with Gasteiger partial charge in [-0.05, 0) is 63.1 Å². The van der Waals surface area contributed by atoms with Gasteiger partial charge in [-0.25, -0.2) is 4.98 Å². The third-order valence-electron chi connectivity index (χ3n) is 6.13. The summed E-state index contributed by atoms with van der Waals surface area (Å²) in [6, 6.07) is 7.98. The number of rotatable bonds is 7. The number of fused-ring (bicyclic) bond motifs is 1. The number of imidazole rings is 1. The number of hydrogen-bond acceptors (Lipinski definition) is 5. The van der Waals surface area contributed by atoms with E-state index in [-0.39, 0.29) is 23.8 Å². The van der Waals surface area contributed by atoms with Crippen molar-refractivity contribution in [3.8, 4) is 11.5 Å². The molecule has 1 aliphatic carbocycles. The number of nitrogens with zero attached hydrogens (tertiary/aromatic N) is 3. The lowest BCUT2D eigenvalue weighted by Crippen LogP contribution is -2.39. The van der Waals surface area contributed by atoms with Gasteiger partial charge < -0.3 is 9.88 Å². The van der Waals surface area contributed by atoms with E-state index in [1.807, 2.05) is 50.4 Å². The Morgan fingerprint density at radius 3 is 2.84 bits per heavy atom. The second kappa shape index (κ2) is 9.73. The summed E-state index contributed by atoms with van der Waals surface area (Å²) in [7, 11) is 0. The van der Waals surface area contributed by atoms with Crippen molar-refractivity contribution in [3.63, 3.8) is 0 Å². The number of allylic oxidation sites excluding steroid dienone is 1. The van der Waals surface area contributed by atoms with Crippen LogP contribution in [0.15, 0.2) is 41.4 Å². The maximum Gasteiger partial charge on any atom is 0.257 e. The van der Waals surface area contributed by atoms with Crippen molar-refractivity contribution in [2.45, 2.75) is 58.0 Å². The van der Waals surface area contributed by atoms with E-state index in [2.05, 4.69) is 20.1 Å². The largest absolute Gasteiger partial charge is 0.349 e. The second-order valence-electron chi connectivity index (χ2n) is 8.10. The molecule has 1 amide bonds. The smallest absolute Gasteiger partial charge is 0.257 e. The number of H-pyrrole nitrogens is 1. The molecule has 1 aromatic carbocycles. The van der Waals surface area contributed by atoms with Crippen molar-refractivity contribution >= 4 is 34.5 Å². The molecule has 168 valence electrons. The van der Waals surface area contributed by atoms with Crippen LogP contribution in [0, 0.1) is 0 Å². The van der Waals surface area contributed by atoms with Crippen LogP contribution in [0.3, 0.4) is 0 Å². The minimum absolute atomic E-state index is 0.00218. The van der Waals surface area contributed by atoms with Crippen LogP contribution >= 0.6 is 11.8 Å². The van der Waals surface area contributed by atoms with Gasteiger partial charge in [0.05, 0.1) is 15.9 Å². The van der Waals surface area contributed by atoms with Crippen LogP contribution < -0.4 is 5.32 Å². The molecule has 2 N–H and O–H groups in total. The lowest BCUT2D eigenvalue weighted by Gasteiger charge is -2.32. The molecule has 8 heteroatoms. The maximum atomic E-state index is 12.6. The SMILES string of the molecule is C/C=C(\SC)C(=O)NC1CCCC(n2c(-c3ccn[nH]3)nc3cc(C(=O)CC)ccc32)C1. The third kappa shape index (κ3) is 4.37. The molecule has 4 rings (SSSR count). The molecule has 2 heterocycles. The van der Waals surface area contributed by atoms with Crippen LogP contribution in [0.4, 0.5) is 0 Å². The molecule has 0 spiro atoms. The second-order valence-corrected chi connectivity index (χ2v) is 8.95. The Morgan fingerprint density at radius 1 is 1.31 bits per heavy atom. The number of hydrogen-bond donors (Lipinski definition) is 2. The van der Waals surface area contributed by atoms with E-state index in [4.69, 9.17) is 4.98 Å². The van der Waals surface area contributed by atoms with Crippen LogP contribution in [-0.2, 0) is 4.79 Å². The van der Waals surface area contributed by atoms with Gasteiger partial charge in [0, 0.05) is 30.3 Å². The van der Waals surface area contributed by atoms with Crippen molar-refractivity contribution in [2.75, 3.05) is 6.26 Å². The van der Waals surface area contributed by atoms with Crippen LogP contribution in [-0.4, -0.2) is 43.7 Å². The molecule has 1 aliphatic rings. The monoisotopic (exact) mass is 451 g/mol. The molecule has 0 saturated heterocycles. The highest BCUT2D eigenvalue weighted by Crippen LogP contribution is 2.36. The van der Waals surface area contributed by atoms with E-state index < -0.39 is 0 Å². The van der Waals surface area contributed by atoms with Crippen molar-refractivity contribution in [2.24, 2.45) is 0 Å². The number of benzene rings is 1. The van der Waals surface area contributed by atoms with Gasteiger partial charge in [-0.3, -0.25) is 14.7 Å². The Kier molecular flexibility index (Phi) is 6.79. The van der Waals surface area contributed by atoms with Crippen molar-refractivity contribution in [1.82, 2.24) is 25.1 Å². The Labute approximate surface area is 192 Å². The van der Waals surface area contributed by atoms with Crippen LogP contribution in [0.5, 0.6) is 0 Å². The van der Waals surface area contributed by atoms with Gasteiger partial charge in [-0.15, -0.1) is 11.8 Å². The highest BCUT2D eigenvalue weighted by molar-refractivity contribution is 8.03. The van der Waals surface area contributed by atoms with Crippen LogP contribution in [0.25, 0.3) is 22.6 Å². The van der Waals surface area contributed by atoms with Crippen molar-refractivity contribution in [1.29, 1.82) is 0 Å². The van der Waals surface area contributed by atoms with Gasteiger partial charge in [0.15, 0.2) is 11.6 Å². The fourth-order valence-corrected chi connectivity index (χ4v) is 5.02. The van der Waals surface area contributed by atoms with E-state index >= 15 is 0 Å². The minimum atomic E-state index is -0.00218. The molecule has 32 heavy (non-hydrogen) atoms. The van der Waals surface area contributed by atoms with E-state index in [1.54, 1.807) is 6.20 Å². The van der Waals surface area contributed by atoms with Gasteiger partial charge in [-0.1, -0.05) is 13.0 Å². The number of nitrogens with one attached hydrogen (secondary N) is 2. The maximum absolute atomic E-state index is 12.6. The fourth-order valence-electron chi connectivity index (χ4n) is 4.54. The molecule has 0 bridgehead atoms. The average Bonchev–Trinajstić information content (AvgIpc) is 3.46. The number of Topliss-reactive ketones (excluding diaryl/α,β-unsaturated/α-hetero) is 1. The van der Waals surface area contributed by atoms with Gasteiger partial charge in [-0.2, -0.15) is 5.10 Å². The fraction of sp³-hybridized carbons (Fsp3) is 0.417. The molecule has 1 fully saturated rings. The summed E-state index contributed by atoms with van der Waals surface area (Å²) < 4.78 is 2.26. The predicted octanol–water partition coefficient (Wildman–Crippen LogP) is 4.89. The summed E-state index contributed by atoms with van der Waals surface area (Å²) in [5.41, 5.74) is 3.33. The first kappa shape index (κ1) is 22.3. The Balaban J connectivity index is 1.69. The Bertz CT molecular complexity index is 1150. The normalized spacial score (nSPS) is 19.3. The molecule has 2 unspecified atom stereocenters. The minimum Gasteiger partial charge on any atom is -0.349 e. The highest BCUT2D eigenvalue weighted by Gasteiger charge is 2.29. The van der Waals surface area contributed by atoms with E-state index in [0.29, 0.717) is 12.0 Å². The van der Waals surface area contributed by atoms with Crippen LogP contribution in [0.2, 0.25) is 0 Å². The van der Waals surface area contributed by atoms with Crippen LogP contribution in [0.1, 0.15) is 62.4 Å². The average molecular weight is 452 g/mol. The number of aromatic amines is 1. The molecular formula is C24H29N5O2S. The summed E-state index contributed by atoms with van der Waals surface area (Å²) in [6.07, 6.45) is 9.79. The number of thioether (sulfide) groups is 1. The highest BCUT2D eigenvalue weighted by atomic mass is 32.2. The first-order chi connectivity index (χ1) is 15.5. The Hall–Kier alpha value is -2.87. The molecule has 7 nitrogen and oxygen atoms in total.